The van der Waals surface area contributed by atoms with Gasteiger partial charge in [0.05, 0.1) is 21.9 Å². The molecule has 27 heavy (non-hydrogen) atoms. The summed E-state index contributed by atoms with van der Waals surface area (Å²) in [6, 6.07) is 3.72. The fourth-order valence-corrected chi connectivity index (χ4v) is 4.08. The number of rotatable bonds is 9. The number of halogens is 2. The molecule has 0 radical (unpaired) electrons. The average Bonchev–Trinajstić information content (AvgIpc) is 2.93. The second-order valence-electron chi connectivity index (χ2n) is 6.31. The molecule has 7 nitrogen and oxygen atoms in total. The number of amidine groups is 1. The molecule has 0 spiro atoms. The van der Waals surface area contributed by atoms with Crippen LogP contribution >= 0.6 is 31.9 Å². The molecule has 5 N–H and O–H groups in total. The zero-order chi connectivity index (χ0) is 20.0. The zero-order valence-corrected chi connectivity index (χ0v) is 18.4. The van der Waals surface area contributed by atoms with Crippen molar-refractivity contribution in [1.29, 1.82) is 5.41 Å². The lowest BCUT2D eigenvalue weighted by atomic mass is 10.1. The molecule has 1 aromatic rings. The fraction of sp³-hybridized carbons (Fsp3) is 0.444. The van der Waals surface area contributed by atoms with Gasteiger partial charge >= 0.3 is 0 Å². The highest BCUT2D eigenvalue weighted by Gasteiger charge is 2.27. The van der Waals surface area contributed by atoms with Crippen molar-refractivity contribution in [2.45, 2.75) is 26.0 Å². The van der Waals surface area contributed by atoms with Crippen molar-refractivity contribution in [1.82, 2.24) is 10.6 Å². The normalized spacial score (nSPS) is 18.9. The minimum atomic E-state index is -0.332. The average molecular weight is 504 g/mol. The van der Waals surface area contributed by atoms with Crippen molar-refractivity contribution in [2.24, 2.45) is 11.7 Å². The number of benzene rings is 1. The van der Waals surface area contributed by atoms with Crippen LogP contribution in [0.25, 0.3) is 6.08 Å². The molecule has 2 atom stereocenters. The molecule has 2 rings (SSSR count). The van der Waals surface area contributed by atoms with Gasteiger partial charge in [-0.15, -0.1) is 0 Å². The van der Waals surface area contributed by atoms with Crippen LogP contribution in [0.5, 0.6) is 5.75 Å². The monoisotopic (exact) mass is 502 g/mol. The highest BCUT2D eigenvalue weighted by Crippen LogP contribution is 2.35. The third-order valence-corrected chi connectivity index (χ3v) is 5.29. The maximum absolute atomic E-state index is 12.1. The number of carbonyl (C=O) groups excluding carboxylic acids is 1. The van der Waals surface area contributed by atoms with Gasteiger partial charge in [-0.05, 0) is 68.6 Å². The molecule has 0 aliphatic carbocycles. The number of carbonyl (C=O) groups is 1. The quantitative estimate of drug-likeness (QED) is 0.179. The van der Waals surface area contributed by atoms with Gasteiger partial charge in [-0.1, -0.05) is 6.92 Å². The minimum absolute atomic E-state index is 0.0186. The molecule has 9 heteroatoms. The SMILES string of the molecule is COc1c(Br)cc(/C=C2\OC(CCCNCC(C)C(=N)N)NC2=O)cc1Br. The molecular formula is C18H24Br2N4O3. The molecule has 148 valence electrons. The second-order valence-corrected chi connectivity index (χ2v) is 8.02. The maximum atomic E-state index is 12.1. The van der Waals surface area contributed by atoms with Crippen LogP contribution in [0.3, 0.4) is 0 Å². The highest BCUT2D eigenvalue weighted by molar-refractivity contribution is 9.11. The Morgan fingerprint density at radius 1 is 1.48 bits per heavy atom. The van der Waals surface area contributed by atoms with Gasteiger partial charge in [0, 0.05) is 18.9 Å². The van der Waals surface area contributed by atoms with E-state index in [0.717, 1.165) is 27.5 Å². The summed E-state index contributed by atoms with van der Waals surface area (Å²) in [7, 11) is 1.59. The van der Waals surface area contributed by atoms with Gasteiger partial charge in [0.15, 0.2) is 12.0 Å². The molecule has 2 unspecified atom stereocenters. The molecule has 1 aromatic carbocycles. The Hall–Kier alpha value is -1.58. The lowest BCUT2D eigenvalue weighted by Crippen LogP contribution is -2.32. The number of ether oxygens (including phenoxy) is 2. The Morgan fingerprint density at radius 2 is 2.15 bits per heavy atom. The van der Waals surface area contributed by atoms with E-state index in [0.29, 0.717) is 24.5 Å². The van der Waals surface area contributed by atoms with Gasteiger partial charge in [0.25, 0.3) is 5.91 Å². The second kappa shape index (κ2) is 10.1. The maximum Gasteiger partial charge on any atom is 0.289 e. The first kappa shape index (κ1) is 21.7. The van der Waals surface area contributed by atoms with Crippen molar-refractivity contribution >= 4 is 49.7 Å². The Morgan fingerprint density at radius 3 is 2.74 bits per heavy atom. The molecule has 1 aliphatic rings. The Labute approximate surface area is 175 Å². The van der Waals surface area contributed by atoms with Crippen LogP contribution in [-0.2, 0) is 9.53 Å². The zero-order valence-electron chi connectivity index (χ0n) is 15.3. The summed E-state index contributed by atoms with van der Waals surface area (Å²) in [5, 5.41) is 13.4. The molecule has 1 heterocycles. The van der Waals surface area contributed by atoms with E-state index >= 15 is 0 Å². The van der Waals surface area contributed by atoms with E-state index in [4.69, 9.17) is 20.6 Å². The van der Waals surface area contributed by atoms with E-state index < -0.39 is 0 Å². The van der Waals surface area contributed by atoms with Gasteiger partial charge in [0.2, 0.25) is 0 Å². The van der Waals surface area contributed by atoms with Crippen molar-refractivity contribution in [2.75, 3.05) is 20.2 Å². The first-order valence-electron chi connectivity index (χ1n) is 8.58. The summed E-state index contributed by atoms with van der Waals surface area (Å²) < 4.78 is 12.6. The van der Waals surface area contributed by atoms with Crippen LogP contribution in [0.1, 0.15) is 25.3 Å². The Kier molecular flexibility index (Phi) is 8.12. The largest absolute Gasteiger partial charge is 0.494 e. The summed E-state index contributed by atoms with van der Waals surface area (Å²) in [5.74, 6) is 0.965. The standard InChI is InChI=1S/C18H24Br2N4O3/c1-10(17(21)22)9-23-5-3-4-15-24-18(25)14(27-15)8-11-6-12(19)16(26-2)13(20)7-11/h6-8,10,15,23H,3-5,9H2,1-2H3,(H3,21,22)(H,24,25)/b14-8-. The third kappa shape index (κ3) is 6.22. The number of nitrogens with two attached hydrogens (primary N) is 1. The van der Waals surface area contributed by atoms with E-state index in [2.05, 4.69) is 42.5 Å². The topological polar surface area (TPSA) is 109 Å². The van der Waals surface area contributed by atoms with E-state index in [9.17, 15) is 4.79 Å². The number of hydrogen-bond donors (Lipinski definition) is 4. The van der Waals surface area contributed by atoms with E-state index in [1.165, 1.54) is 0 Å². The molecule has 0 aromatic heterocycles. The van der Waals surface area contributed by atoms with Gasteiger partial charge in [-0.2, -0.15) is 0 Å². The number of hydrogen-bond acceptors (Lipinski definition) is 5. The van der Waals surface area contributed by atoms with Crippen LogP contribution in [-0.4, -0.2) is 38.2 Å². The van der Waals surface area contributed by atoms with Gasteiger partial charge < -0.3 is 25.8 Å². The highest BCUT2D eigenvalue weighted by atomic mass is 79.9. The predicted molar refractivity (Wildman–Crippen MR) is 113 cm³/mol. The smallest absolute Gasteiger partial charge is 0.289 e. The molecule has 0 saturated carbocycles. The lowest BCUT2D eigenvalue weighted by molar-refractivity contribution is -0.116. The molecule has 1 aliphatic heterocycles. The van der Waals surface area contributed by atoms with Gasteiger partial charge in [-0.3, -0.25) is 10.2 Å². The van der Waals surface area contributed by atoms with Crippen LogP contribution in [0.4, 0.5) is 0 Å². The van der Waals surface area contributed by atoms with Crippen LogP contribution in [0.15, 0.2) is 26.8 Å². The predicted octanol–water partition coefficient (Wildman–Crippen LogP) is 2.98. The fourth-order valence-electron chi connectivity index (χ4n) is 2.53. The lowest BCUT2D eigenvalue weighted by Gasteiger charge is -2.12. The molecule has 1 fully saturated rings. The first-order valence-corrected chi connectivity index (χ1v) is 10.2. The van der Waals surface area contributed by atoms with Gasteiger partial charge in [-0.25, -0.2) is 0 Å². The molecular weight excluding hydrogens is 480 g/mol. The van der Waals surface area contributed by atoms with E-state index in [-0.39, 0.29) is 23.9 Å². The summed E-state index contributed by atoms with van der Waals surface area (Å²) in [6.45, 7) is 3.34. The van der Waals surface area contributed by atoms with Crippen molar-refractivity contribution in [3.05, 3.63) is 32.4 Å². The van der Waals surface area contributed by atoms with Crippen molar-refractivity contribution < 1.29 is 14.3 Å². The number of nitrogens with one attached hydrogen (secondary N) is 3. The van der Waals surface area contributed by atoms with Crippen LogP contribution in [0, 0.1) is 11.3 Å². The van der Waals surface area contributed by atoms with E-state index in [1.807, 2.05) is 19.1 Å². The Balaban J connectivity index is 1.86. The summed E-state index contributed by atoms with van der Waals surface area (Å²) >= 11 is 6.90. The third-order valence-electron chi connectivity index (χ3n) is 4.11. The van der Waals surface area contributed by atoms with Crippen molar-refractivity contribution in [3.8, 4) is 5.75 Å². The Bertz CT molecular complexity index is 716. The summed E-state index contributed by atoms with van der Waals surface area (Å²) in [5.41, 5.74) is 6.26. The minimum Gasteiger partial charge on any atom is -0.494 e. The summed E-state index contributed by atoms with van der Waals surface area (Å²) in [6.07, 6.45) is 2.90. The number of methoxy groups -OCH3 is 1. The van der Waals surface area contributed by atoms with Crippen molar-refractivity contribution in [3.63, 3.8) is 0 Å². The van der Waals surface area contributed by atoms with Gasteiger partial charge in [0.1, 0.15) is 5.75 Å². The van der Waals surface area contributed by atoms with E-state index in [1.54, 1.807) is 13.2 Å². The van der Waals surface area contributed by atoms with Crippen LogP contribution < -0.4 is 21.1 Å². The molecule has 0 bridgehead atoms. The first-order chi connectivity index (χ1) is 12.8. The van der Waals surface area contributed by atoms with Crippen LogP contribution in [0.2, 0.25) is 0 Å². The molecule has 1 saturated heterocycles. The summed E-state index contributed by atoms with van der Waals surface area (Å²) in [4.78, 5) is 12.1. The molecule has 1 amide bonds. The number of amides is 1.